The molecular weight excluding hydrogens is 1020 g/mol. The summed E-state index contributed by atoms with van der Waals surface area (Å²) in [6.07, 6.45) is 95.1. The number of ether oxygens (including phenoxy) is 3. The van der Waals surface area contributed by atoms with E-state index in [9.17, 15) is 14.4 Å². The molecule has 0 radical (unpaired) electrons. The molecule has 0 bridgehead atoms. The van der Waals surface area contributed by atoms with Crippen molar-refractivity contribution in [2.75, 3.05) is 13.2 Å². The number of carbonyl (C=O) groups is 3. The molecule has 0 aliphatic rings. The number of esters is 3. The molecule has 6 heteroatoms. The Labute approximate surface area is 515 Å². The second-order valence-corrected chi connectivity index (χ2v) is 24.1. The molecule has 6 nitrogen and oxygen atoms in total. The van der Waals surface area contributed by atoms with Crippen molar-refractivity contribution in [2.24, 2.45) is 0 Å². The molecule has 1 atom stereocenters. The molecule has 0 aromatic rings. The van der Waals surface area contributed by atoms with Crippen molar-refractivity contribution in [2.45, 2.75) is 374 Å². The molecule has 0 fully saturated rings. The normalized spacial score (nSPS) is 12.6. The minimum Gasteiger partial charge on any atom is -0.462 e. The zero-order valence-corrected chi connectivity index (χ0v) is 55.2. The van der Waals surface area contributed by atoms with Gasteiger partial charge >= 0.3 is 17.9 Å². The summed E-state index contributed by atoms with van der Waals surface area (Å²) in [5, 5.41) is 0. The van der Waals surface area contributed by atoms with Gasteiger partial charge in [-0.3, -0.25) is 14.4 Å². The largest absolute Gasteiger partial charge is 0.462 e. The summed E-state index contributed by atoms with van der Waals surface area (Å²) in [6, 6.07) is 0. The highest BCUT2D eigenvalue weighted by atomic mass is 16.6. The molecule has 0 aromatic heterocycles. The van der Waals surface area contributed by atoms with Crippen LogP contribution in [0.2, 0.25) is 0 Å². The Kier molecular flexibility index (Phi) is 68.2. The van der Waals surface area contributed by atoms with Crippen LogP contribution in [0, 0.1) is 0 Å². The highest BCUT2D eigenvalue weighted by molar-refractivity contribution is 5.72. The van der Waals surface area contributed by atoms with Gasteiger partial charge in [0.2, 0.25) is 0 Å². The van der Waals surface area contributed by atoms with Gasteiger partial charge in [0.1, 0.15) is 13.2 Å². The molecular formula is C77H136O6. The molecule has 0 rings (SSSR count). The van der Waals surface area contributed by atoms with Crippen LogP contribution in [0.25, 0.3) is 0 Å². The van der Waals surface area contributed by atoms with E-state index in [-0.39, 0.29) is 31.6 Å². The lowest BCUT2D eigenvalue weighted by Gasteiger charge is -2.18. The van der Waals surface area contributed by atoms with Crippen molar-refractivity contribution in [1.29, 1.82) is 0 Å². The van der Waals surface area contributed by atoms with Gasteiger partial charge in [-0.2, -0.15) is 0 Å². The molecule has 0 aliphatic carbocycles. The van der Waals surface area contributed by atoms with Crippen LogP contribution in [-0.4, -0.2) is 37.2 Å². The summed E-state index contributed by atoms with van der Waals surface area (Å²) in [7, 11) is 0. The third-order valence-electron chi connectivity index (χ3n) is 15.9. The van der Waals surface area contributed by atoms with Crippen LogP contribution in [0.3, 0.4) is 0 Å². The lowest BCUT2D eigenvalue weighted by Crippen LogP contribution is -2.30. The molecule has 0 saturated carbocycles. The van der Waals surface area contributed by atoms with Gasteiger partial charge in [0.15, 0.2) is 6.10 Å². The van der Waals surface area contributed by atoms with Crippen molar-refractivity contribution in [1.82, 2.24) is 0 Å². The monoisotopic (exact) mass is 1160 g/mol. The zero-order chi connectivity index (χ0) is 59.9. The predicted octanol–water partition coefficient (Wildman–Crippen LogP) is 25.0. The number of allylic oxidation sites excluding steroid dienone is 13. The summed E-state index contributed by atoms with van der Waals surface area (Å²) >= 11 is 0. The number of unbranched alkanes of at least 4 members (excludes halogenated alkanes) is 42. The first-order chi connectivity index (χ1) is 41.0. The number of hydrogen-bond acceptors (Lipinski definition) is 6. The van der Waals surface area contributed by atoms with Gasteiger partial charge in [-0.25, -0.2) is 0 Å². The summed E-state index contributed by atoms with van der Waals surface area (Å²) in [5.41, 5.74) is 0. The third-order valence-corrected chi connectivity index (χ3v) is 15.9. The molecule has 0 heterocycles. The fraction of sp³-hybridized carbons (Fsp3) is 0.779. The molecule has 0 saturated heterocycles. The number of carbonyl (C=O) groups excluding carboxylic acids is 3. The van der Waals surface area contributed by atoms with Crippen molar-refractivity contribution < 1.29 is 28.6 Å². The van der Waals surface area contributed by atoms with Crippen LogP contribution >= 0.6 is 0 Å². The molecule has 0 aliphatic heterocycles. The van der Waals surface area contributed by atoms with Gasteiger partial charge in [0, 0.05) is 12.8 Å². The quantitative estimate of drug-likeness (QED) is 0.0261. The molecule has 0 spiro atoms. The Morgan fingerprint density at radius 3 is 0.843 bits per heavy atom. The first-order valence-corrected chi connectivity index (χ1v) is 36.1. The molecule has 480 valence electrons. The van der Waals surface area contributed by atoms with E-state index < -0.39 is 12.1 Å². The Hall–Kier alpha value is -3.41. The van der Waals surface area contributed by atoms with E-state index in [4.69, 9.17) is 14.2 Å². The SMILES string of the molecule is CC/C=C\C/C=C\C/C=C\C/C=C\C/C=C\CC(=O)OCC(COC(=O)CCCCCCCCCCCCCCCCC/C=C\C/C=C\CCCCCCC)OC(=O)CCCCCCCCCCCCCCCCCCCCCCCCC. The first-order valence-electron chi connectivity index (χ1n) is 36.1. The summed E-state index contributed by atoms with van der Waals surface area (Å²) < 4.78 is 16.9. The second kappa shape index (κ2) is 71.1. The van der Waals surface area contributed by atoms with E-state index >= 15 is 0 Å². The van der Waals surface area contributed by atoms with Crippen LogP contribution in [0.5, 0.6) is 0 Å². The highest BCUT2D eigenvalue weighted by Crippen LogP contribution is 2.18. The Bertz CT molecular complexity index is 1570. The minimum atomic E-state index is -0.816. The Morgan fingerprint density at radius 2 is 0.518 bits per heavy atom. The topological polar surface area (TPSA) is 78.9 Å². The van der Waals surface area contributed by atoms with E-state index in [1.807, 2.05) is 12.2 Å². The van der Waals surface area contributed by atoms with E-state index in [0.29, 0.717) is 12.8 Å². The summed E-state index contributed by atoms with van der Waals surface area (Å²) in [6.45, 7) is 6.49. The van der Waals surface area contributed by atoms with Crippen LogP contribution in [0.15, 0.2) is 85.1 Å². The van der Waals surface area contributed by atoms with Gasteiger partial charge in [-0.15, -0.1) is 0 Å². The van der Waals surface area contributed by atoms with Gasteiger partial charge < -0.3 is 14.2 Å². The van der Waals surface area contributed by atoms with Gasteiger partial charge in [-0.05, 0) is 77.0 Å². The maximum absolute atomic E-state index is 13.0. The lowest BCUT2D eigenvalue weighted by molar-refractivity contribution is -0.166. The number of hydrogen-bond donors (Lipinski definition) is 0. The highest BCUT2D eigenvalue weighted by Gasteiger charge is 2.19. The molecule has 0 amide bonds. The third kappa shape index (κ3) is 69.3. The smallest absolute Gasteiger partial charge is 0.309 e. The zero-order valence-electron chi connectivity index (χ0n) is 55.2. The Morgan fingerprint density at radius 1 is 0.265 bits per heavy atom. The molecule has 1 unspecified atom stereocenters. The van der Waals surface area contributed by atoms with Gasteiger partial charge in [0.05, 0.1) is 6.42 Å². The standard InChI is InChI=1S/C77H136O6/c1-4-7-10-13-16-19-22-25-28-30-32-34-36-37-38-39-41-42-44-46-49-52-55-58-61-64-67-70-76(79)82-73-74(72-81-75(78)69-66-63-60-57-54-51-48-27-24-21-18-15-12-9-6-3)83-77(80)71-68-65-62-59-56-53-50-47-45-43-40-35-33-31-29-26-23-20-17-14-11-8-5-2/h9,12,18,21-22,25,27,30,32,48,54,57,63,66,74H,4-8,10-11,13-17,19-20,23-24,26,28-29,31,33-47,49-53,55-56,58-62,64-65,67-73H2,1-3H3/b12-9-,21-18-,25-22-,32-30-,48-27-,57-54-,66-63-. The summed E-state index contributed by atoms with van der Waals surface area (Å²) in [4.78, 5) is 38.4. The maximum Gasteiger partial charge on any atom is 0.309 e. The van der Waals surface area contributed by atoms with Crippen LogP contribution in [0.4, 0.5) is 0 Å². The van der Waals surface area contributed by atoms with E-state index in [1.54, 1.807) is 0 Å². The van der Waals surface area contributed by atoms with E-state index in [2.05, 4.69) is 93.7 Å². The van der Waals surface area contributed by atoms with Crippen LogP contribution in [0.1, 0.15) is 367 Å². The van der Waals surface area contributed by atoms with Gasteiger partial charge in [0.25, 0.3) is 0 Å². The fourth-order valence-electron chi connectivity index (χ4n) is 10.6. The van der Waals surface area contributed by atoms with Crippen molar-refractivity contribution in [3.05, 3.63) is 85.1 Å². The van der Waals surface area contributed by atoms with Crippen molar-refractivity contribution in [3.8, 4) is 0 Å². The first kappa shape index (κ1) is 79.6. The average molecular weight is 1160 g/mol. The van der Waals surface area contributed by atoms with Crippen LogP contribution < -0.4 is 0 Å². The second-order valence-electron chi connectivity index (χ2n) is 24.1. The fourth-order valence-corrected chi connectivity index (χ4v) is 10.6. The molecule has 0 aromatic carbocycles. The Balaban J connectivity index is 4.32. The number of rotatable bonds is 66. The maximum atomic E-state index is 13.0. The molecule has 83 heavy (non-hydrogen) atoms. The van der Waals surface area contributed by atoms with Gasteiger partial charge in [-0.1, -0.05) is 356 Å². The van der Waals surface area contributed by atoms with E-state index in [1.165, 1.54) is 250 Å². The summed E-state index contributed by atoms with van der Waals surface area (Å²) in [5.74, 6) is -1.02. The van der Waals surface area contributed by atoms with Crippen molar-refractivity contribution in [3.63, 3.8) is 0 Å². The van der Waals surface area contributed by atoms with Crippen LogP contribution in [-0.2, 0) is 28.6 Å². The minimum absolute atomic E-state index is 0.103. The lowest BCUT2D eigenvalue weighted by atomic mass is 10.0. The predicted molar refractivity (Wildman–Crippen MR) is 362 cm³/mol. The average Bonchev–Trinajstić information content (AvgIpc) is 3.49. The van der Waals surface area contributed by atoms with Crippen molar-refractivity contribution >= 4 is 17.9 Å². The van der Waals surface area contributed by atoms with E-state index in [0.717, 1.165) is 77.0 Å². The molecule has 0 N–H and O–H groups in total.